The van der Waals surface area contributed by atoms with Crippen molar-refractivity contribution in [2.45, 2.75) is 12.6 Å². The fourth-order valence-electron chi connectivity index (χ4n) is 2.35. The largest absolute Gasteiger partial charge is 0.419 e. The van der Waals surface area contributed by atoms with E-state index in [1.165, 1.54) is 0 Å². The van der Waals surface area contributed by atoms with Crippen LogP contribution in [0.1, 0.15) is 12.0 Å². The van der Waals surface area contributed by atoms with Crippen LogP contribution < -0.4 is 4.90 Å². The Morgan fingerprint density at radius 1 is 1.32 bits per heavy atom. The summed E-state index contributed by atoms with van der Waals surface area (Å²) in [5.41, 5.74) is -2.00. The lowest BCUT2D eigenvalue weighted by molar-refractivity contribution is -0.140. The van der Waals surface area contributed by atoms with Gasteiger partial charge < -0.3 is 4.90 Å². The van der Waals surface area contributed by atoms with Crippen molar-refractivity contribution in [3.05, 3.63) is 29.6 Å². The van der Waals surface area contributed by atoms with E-state index in [1.807, 2.05) is 0 Å². The van der Waals surface area contributed by atoms with Gasteiger partial charge >= 0.3 is 6.18 Å². The lowest BCUT2D eigenvalue weighted by atomic mass is 10.1. The lowest BCUT2D eigenvalue weighted by Crippen LogP contribution is -2.27. The third kappa shape index (κ3) is 3.70. The van der Waals surface area contributed by atoms with Gasteiger partial charge in [0.2, 0.25) is 15.0 Å². The van der Waals surface area contributed by atoms with Crippen molar-refractivity contribution in [1.82, 2.24) is 0 Å². The van der Waals surface area contributed by atoms with Gasteiger partial charge in [-0.05, 0) is 12.1 Å². The van der Waals surface area contributed by atoms with Gasteiger partial charge in [-0.1, -0.05) is 6.07 Å². The predicted molar refractivity (Wildman–Crippen MR) is 71.5 cm³/mol. The maximum absolute atomic E-state index is 14.0. The van der Waals surface area contributed by atoms with Gasteiger partial charge in [0, 0.05) is 29.6 Å². The summed E-state index contributed by atoms with van der Waals surface area (Å²) in [6, 6.07) is 2.60. The fourth-order valence-corrected chi connectivity index (χ4v) is 3.68. The summed E-state index contributed by atoms with van der Waals surface area (Å²) in [4.78, 5) is 12.6. The Balaban J connectivity index is 2.32. The molecule has 1 aliphatic heterocycles. The molecule has 4 nitrogen and oxygen atoms in total. The summed E-state index contributed by atoms with van der Waals surface area (Å²) in [7, 11) is 1.23. The monoisotopic (exact) mass is 359 g/mol. The number of hydrogen-bond acceptors (Lipinski definition) is 3. The van der Waals surface area contributed by atoms with Gasteiger partial charge in [0.15, 0.2) is 5.82 Å². The minimum Gasteiger partial charge on any atom is -0.309 e. The molecule has 0 bridgehead atoms. The van der Waals surface area contributed by atoms with Crippen LogP contribution in [0, 0.1) is 11.7 Å². The summed E-state index contributed by atoms with van der Waals surface area (Å²) >= 11 is 0. The minimum atomic E-state index is -4.89. The van der Waals surface area contributed by atoms with Crippen LogP contribution in [-0.2, 0) is 20.0 Å². The van der Waals surface area contributed by atoms with Crippen LogP contribution in [0.15, 0.2) is 18.2 Å². The number of hydrogen-bond donors (Lipinski definition) is 0. The van der Waals surface area contributed by atoms with Gasteiger partial charge in [-0.3, -0.25) is 4.79 Å². The molecule has 22 heavy (non-hydrogen) atoms. The van der Waals surface area contributed by atoms with Crippen LogP contribution in [0.3, 0.4) is 0 Å². The number of rotatable bonds is 3. The van der Waals surface area contributed by atoms with Gasteiger partial charge in [0.05, 0.1) is 17.0 Å². The molecule has 1 saturated heterocycles. The molecule has 1 aromatic rings. The molecule has 122 valence electrons. The Hall–Kier alpha value is -1.35. The Kier molecular flexibility index (Phi) is 4.40. The van der Waals surface area contributed by atoms with Crippen molar-refractivity contribution in [3.8, 4) is 0 Å². The molecular weight excluding hydrogens is 350 g/mol. The van der Waals surface area contributed by atoms with Crippen molar-refractivity contribution >= 4 is 31.3 Å². The maximum Gasteiger partial charge on any atom is 0.419 e. The molecular formula is C12H10ClF4NO3S. The highest BCUT2D eigenvalue weighted by molar-refractivity contribution is 8.13. The fraction of sp³-hybridized carbons (Fsp3) is 0.417. The molecule has 0 aromatic heterocycles. The zero-order valence-corrected chi connectivity index (χ0v) is 12.5. The Morgan fingerprint density at radius 2 is 1.95 bits per heavy atom. The van der Waals surface area contributed by atoms with Crippen molar-refractivity contribution in [1.29, 1.82) is 0 Å². The van der Waals surface area contributed by atoms with E-state index in [0.717, 1.165) is 17.0 Å². The first kappa shape index (κ1) is 17.0. The highest BCUT2D eigenvalue weighted by Crippen LogP contribution is 2.36. The zero-order valence-electron chi connectivity index (χ0n) is 10.9. The van der Waals surface area contributed by atoms with E-state index in [1.54, 1.807) is 0 Å². The third-order valence-corrected chi connectivity index (χ3v) is 4.46. The summed E-state index contributed by atoms with van der Waals surface area (Å²) in [5.74, 6) is -3.40. The normalized spacial score (nSPS) is 19.8. The molecule has 1 unspecified atom stereocenters. The Labute approximate surface area is 128 Å². The Morgan fingerprint density at radius 3 is 2.50 bits per heavy atom. The maximum atomic E-state index is 14.0. The molecule has 0 aliphatic carbocycles. The third-order valence-electron chi connectivity index (χ3n) is 3.21. The molecule has 1 heterocycles. The number of carbonyl (C=O) groups is 1. The number of alkyl halides is 3. The number of anilines is 1. The molecule has 0 radical (unpaired) electrons. The second-order valence-corrected chi connectivity index (χ2v) is 7.74. The zero-order chi connectivity index (χ0) is 16.7. The molecule has 1 fully saturated rings. The second-order valence-electron chi connectivity index (χ2n) is 4.92. The molecule has 1 aliphatic rings. The number of benzene rings is 1. The molecule has 2 rings (SSSR count). The van der Waals surface area contributed by atoms with Crippen LogP contribution in [0.2, 0.25) is 0 Å². The van der Waals surface area contributed by atoms with Crippen molar-refractivity contribution in [3.63, 3.8) is 0 Å². The average molecular weight is 360 g/mol. The van der Waals surface area contributed by atoms with E-state index in [4.69, 9.17) is 10.7 Å². The van der Waals surface area contributed by atoms with Crippen molar-refractivity contribution in [2.24, 2.45) is 5.92 Å². The Bertz CT molecular complexity index is 705. The topological polar surface area (TPSA) is 54.5 Å². The van der Waals surface area contributed by atoms with E-state index in [2.05, 4.69) is 0 Å². The smallest absolute Gasteiger partial charge is 0.309 e. The molecule has 1 aromatic carbocycles. The summed E-state index contributed by atoms with van der Waals surface area (Å²) in [6.07, 6.45) is -5.11. The summed E-state index contributed by atoms with van der Waals surface area (Å²) in [6.45, 7) is -0.205. The van der Waals surface area contributed by atoms with Crippen LogP contribution >= 0.6 is 10.7 Å². The quantitative estimate of drug-likeness (QED) is 0.616. The molecule has 10 heteroatoms. The summed E-state index contributed by atoms with van der Waals surface area (Å²) in [5, 5.41) is 0. The van der Waals surface area contributed by atoms with Crippen LogP contribution in [0.5, 0.6) is 0 Å². The van der Waals surface area contributed by atoms with Gasteiger partial charge in [0.25, 0.3) is 0 Å². The van der Waals surface area contributed by atoms with Crippen LogP contribution in [-0.4, -0.2) is 26.6 Å². The molecule has 0 saturated carbocycles. The first-order chi connectivity index (χ1) is 9.99. The van der Waals surface area contributed by atoms with Crippen molar-refractivity contribution in [2.75, 3.05) is 17.2 Å². The van der Waals surface area contributed by atoms with Crippen LogP contribution in [0.4, 0.5) is 23.2 Å². The van der Waals surface area contributed by atoms with E-state index in [-0.39, 0.29) is 13.0 Å². The lowest BCUT2D eigenvalue weighted by Gasteiger charge is -2.19. The molecule has 0 spiro atoms. The van der Waals surface area contributed by atoms with Gasteiger partial charge in [-0.15, -0.1) is 0 Å². The average Bonchev–Trinajstić information content (AvgIpc) is 2.66. The summed E-state index contributed by atoms with van der Waals surface area (Å²) < 4.78 is 74.0. The predicted octanol–water partition coefficient (Wildman–Crippen LogP) is 2.77. The van der Waals surface area contributed by atoms with Gasteiger partial charge in [-0.25, -0.2) is 12.8 Å². The first-order valence-corrected chi connectivity index (χ1v) is 8.55. The van der Waals surface area contributed by atoms with E-state index >= 15 is 0 Å². The molecule has 0 N–H and O–H groups in total. The highest BCUT2D eigenvalue weighted by Gasteiger charge is 2.39. The van der Waals surface area contributed by atoms with E-state index in [0.29, 0.717) is 6.07 Å². The minimum absolute atomic E-state index is 0.205. The molecule has 1 amide bonds. The van der Waals surface area contributed by atoms with Gasteiger partial charge in [-0.2, -0.15) is 13.2 Å². The standard InChI is InChI=1S/C12H10ClF4NO3S/c13-22(20,21)6-7-4-10(19)18(5-7)9-3-1-2-8(11(9)14)12(15,16)17/h1-3,7H,4-6H2. The number of halogens is 5. The van der Waals surface area contributed by atoms with Crippen molar-refractivity contribution < 1.29 is 30.8 Å². The van der Waals surface area contributed by atoms with E-state index in [9.17, 15) is 30.8 Å². The van der Waals surface area contributed by atoms with Gasteiger partial charge in [0.1, 0.15) is 0 Å². The first-order valence-electron chi connectivity index (χ1n) is 6.07. The number of nitrogens with zero attached hydrogens (tertiary/aromatic N) is 1. The molecule has 1 atom stereocenters. The highest BCUT2D eigenvalue weighted by atomic mass is 35.7. The van der Waals surface area contributed by atoms with E-state index < -0.39 is 49.9 Å². The number of amides is 1. The van der Waals surface area contributed by atoms with Crippen LogP contribution in [0.25, 0.3) is 0 Å². The SMILES string of the molecule is O=C1CC(CS(=O)(=O)Cl)CN1c1cccc(C(F)(F)F)c1F. The second kappa shape index (κ2) is 5.69. The number of carbonyl (C=O) groups excluding carboxylic acids is 1.